The molecule has 1 aromatic rings. The van der Waals surface area contributed by atoms with Crippen LogP contribution in [-0.2, 0) is 4.74 Å². The van der Waals surface area contributed by atoms with Crippen LogP contribution in [0.2, 0.25) is 0 Å². The molecule has 1 amide bonds. The van der Waals surface area contributed by atoms with Crippen LogP contribution >= 0.6 is 0 Å². The second-order valence-corrected chi connectivity index (χ2v) is 4.34. The molecule has 0 radical (unpaired) electrons. The van der Waals surface area contributed by atoms with Crippen molar-refractivity contribution < 1.29 is 14.6 Å². The molecule has 0 heterocycles. The van der Waals surface area contributed by atoms with E-state index >= 15 is 0 Å². The predicted octanol–water partition coefficient (Wildman–Crippen LogP) is 1.10. The van der Waals surface area contributed by atoms with E-state index in [2.05, 4.69) is 17.2 Å². The van der Waals surface area contributed by atoms with Crippen LogP contribution in [0.4, 0.5) is 0 Å². The molecule has 1 unspecified atom stereocenters. The number of amides is 1. The zero-order chi connectivity index (χ0) is 14.3. The Morgan fingerprint density at radius 2 is 2.26 bits per heavy atom. The first-order chi connectivity index (χ1) is 9.08. The molecule has 0 aliphatic carbocycles. The molecule has 0 spiro atoms. The number of benzene rings is 1. The smallest absolute Gasteiger partial charge is 0.252 e. The SMILES string of the molecule is COCC(C)NC(=O)c1cc(C)ccc1C#CCO. The monoisotopic (exact) mass is 261 g/mol. The number of rotatable bonds is 4. The topological polar surface area (TPSA) is 58.6 Å². The highest BCUT2D eigenvalue weighted by molar-refractivity contribution is 5.97. The number of hydrogen-bond donors (Lipinski definition) is 2. The van der Waals surface area contributed by atoms with Gasteiger partial charge in [0.25, 0.3) is 5.91 Å². The molecular weight excluding hydrogens is 242 g/mol. The van der Waals surface area contributed by atoms with Crippen molar-refractivity contribution in [1.29, 1.82) is 0 Å². The Labute approximate surface area is 113 Å². The number of nitrogens with one attached hydrogen (secondary N) is 1. The Morgan fingerprint density at radius 1 is 1.53 bits per heavy atom. The van der Waals surface area contributed by atoms with Crippen molar-refractivity contribution in [3.63, 3.8) is 0 Å². The summed E-state index contributed by atoms with van der Waals surface area (Å²) in [5.74, 6) is 5.16. The van der Waals surface area contributed by atoms with Gasteiger partial charge in [-0.1, -0.05) is 23.5 Å². The van der Waals surface area contributed by atoms with Crippen LogP contribution in [0.25, 0.3) is 0 Å². The summed E-state index contributed by atoms with van der Waals surface area (Å²) in [6.45, 7) is 4.01. The molecule has 102 valence electrons. The third-order valence-corrected chi connectivity index (χ3v) is 2.52. The number of hydrogen-bond acceptors (Lipinski definition) is 3. The average molecular weight is 261 g/mol. The van der Waals surface area contributed by atoms with Crippen LogP contribution < -0.4 is 5.32 Å². The summed E-state index contributed by atoms with van der Waals surface area (Å²) in [6, 6.07) is 5.39. The van der Waals surface area contributed by atoms with Crippen molar-refractivity contribution in [2.75, 3.05) is 20.3 Å². The highest BCUT2D eigenvalue weighted by Gasteiger charge is 2.13. The lowest BCUT2D eigenvalue weighted by Gasteiger charge is -2.14. The summed E-state index contributed by atoms with van der Waals surface area (Å²) in [5, 5.41) is 11.6. The van der Waals surface area contributed by atoms with E-state index in [1.165, 1.54) is 0 Å². The van der Waals surface area contributed by atoms with E-state index in [-0.39, 0.29) is 18.6 Å². The molecule has 1 rings (SSSR count). The zero-order valence-corrected chi connectivity index (χ0v) is 11.5. The number of carbonyl (C=O) groups is 1. The molecule has 0 bridgehead atoms. The van der Waals surface area contributed by atoms with Crippen molar-refractivity contribution in [1.82, 2.24) is 5.32 Å². The van der Waals surface area contributed by atoms with E-state index in [0.717, 1.165) is 5.56 Å². The lowest BCUT2D eigenvalue weighted by Crippen LogP contribution is -2.36. The van der Waals surface area contributed by atoms with Gasteiger partial charge in [-0.05, 0) is 26.0 Å². The minimum atomic E-state index is -0.227. The fourth-order valence-electron chi connectivity index (χ4n) is 1.68. The second-order valence-electron chi connectivity index (χ2n) is 4.34. The van der Waals surface area contributed by atoms with E-state index in [4.69, 9.17) is 9.84 Å². The van der Waals surface area contributed by atoms with Crippen LogP contribution in [0, 0.1) is 18.8 Å². The number of carbonyl (C=O) groups excluding carboxylic acids is 1. The first-order valence-corrected chi connectivity index (χ1v) is 6.08. The Bertz CT molecular complexity index is 500. The van der Waals surface area contributed by atoms with E-state index in [0.29, 0.717) is 17.7 Å². The van der Waals surface area contributed by atoms with Gasteiger partial charge in [0.1, 0.15) is 6.61 Å². The molecule has 0 saturated heterocycles. The Morgan fingerprint density at radius 3 is 2.89 bits per heavy atom. The van der Waals surface area contributed by atoms with Crippen LogP contribution in [-0.4, -0.2) is 37.4 Å². The summed E-state index contributed by atoms with van der Waals surface area (Å²) in [4.78, 5) is 12.2. The summed E-state index contributed by atoms with van der Waals surface area (Å²) in [7, 11) is 1.59. The molecule has 1 aromatic carbocycles. The Kier molecular flexibility index (Phi) is 6.07. The van der Waals surface area contributed by atoms with Crippen molar-refractivity contribution in [2.24, 2.45) is 0 Å². The standard InChI is InChI=1S/C15H19NO3/c1-11-6-7-13(5-4-8-17)14(9-11)15(18)16-12(2)10-19-3/h6-7,9,12,17H,8,10H2,1-3H3,(H,16,18). The molecule has 0 saturated carbocycles. The number of aliphatic hydroxyl groups excluding tert-OH is 1. The minimum Gasteiger partial charge on any atom is -0.384 e. The molecule has 0 aliphatic heterocycles. The van der Waals surface area contributed by atoms with E-state index in [1.807, 2.05) is 19.9 Å². The van der Waals surface area contributed by atoms with Crippen molar-refractivity contribution in [2.45, 2.75) is 19.9 Å². The normalized spacial score (nSPS) is 11.4. The first kappa shape index (κ1) is 15.2. The van der Waals surface area contributed by atoms with Crippen molar-refractivity contribution in [3.05, 3.63) is 34.9 Å². The molecule has 0 fully saturated rings. The predicted molar refractivity (Wildman–Crippen MR) is 73.9 cm³/mol. The van der Waals surface area contributed by atoms with Gasteiger partial charge in [0, 0.05) is 18.7 Å². The number of methoxy groups -OCH3 is 1. The van der Waals surface area contributed by atoms with Gasteiger partial charge in [0.05, 0.1) is 12.2 Å². The molecular formula is C15H19NO3. The van der Waals surface area contributed by atoms with Crippen molar-refractivity contribution in [3.8, 4) is 11.8 Å². The minimum absolute atomic E-state index is 0.0725. The fraction of sp³-hybridized carbons (Fsp3) is 0.400. The van der Waals surface area contributed by atoms with Gasteiger partial charge < -0.3 is 15.2 Å². The lowest BCUT2D eigenvalue weighted by molar-refractivity contribution is 0.0905. The maximum atomic E-state index is 12.2. The van der Waals surface area contributed by atoms with Gasteiger partial charge in [-0.2, -0.15) is 0 Å². The highest BCUT2D eigenvalue weighted by atomic mass is 16.5. The van der Waals surface area contributed by atoms with Crippen LogP contribution in [0.5, 0.6) is 0 Å². The van der Waals surface area contributed by atoms with E-state index in [1.54, 1.807) is 19.2 Å². The zero-order valence-electron chi connectivity index (χ0n) is 11.5. The molecule has 4 heteroatoms. The summed E-state index contributed by atoms with van der Waals surface area (Å²) in [5.41, 5.74) is 2.12. The maximum Gasteiger partial charge on any atom is 0.252 e. The van der Waals surface area contributed by atoms with E-state index in [9.17, 15) is 4.79 Å². The van der Waals surface area contributed by atoms with Crippen LogP contribution in [0.1, 0.15) is 28.4 Å². The average Bonchev–Trinajstić information content (AvgIpc) is 2.37. The van der Waals surface area contributed by atoms with Crippen molar-refractivity contribution >= 4 is 5.91 Å². The Balaban J connectivity index is 2.97. The fourth-order valence-corrected chi connectivity index (χ4v) is 1.68. The second kappa shape index (κ2) is 7.57. The molecule has 19 heavy (non-hydrogen) atoms. The summed E-state index contributed by atoms with van der Waals surface area (Å²) < 4.78 is 4.98. The van der Waals surface area contributed by atoms with Gasteiger partial charge in [-0.15, -0.1) is 0 Å². The molecule has 0 aromatic heterocycles. The largest absolute Gasteiger partial charge is 0.384 e. The van der Waals surface area contributed by atoms with Gasteiger partial charge in [-0.25, -0.2) is 0 Å². The number of aryl methyl sites for hydroxylation is 1. The van der Waals surface area contributed by atoms with Gasteiger partial charge in [0.15, 0.2) is 0 Å². The van der Waals surface area contributed by atoms with Crippen LogP contribution in [0.15, 0.2) is 18.2 Å². The molecule has 0 aliphatic rings. The van der Waals surface area contributed by atoms with Gasteiger partial charge >= 0.3 is 0 Å². The van der Waals surface area contributed by atoms with Gasteiger partial charge in [0.2, 0.25) is 0 Å². The highest BCUT2D eigenvalue weighted by Crippen LogP contribution is 2.11. The number of ether oxygens (including phenoxy) is 1. The first-order valence-electron chi connectivity index (χ1n) is 6.08. The third-order valence-electron chi connectivity index (χ3n) is 2.52. The maximum absolute atomic E-state index is 12.2. The molecule has 4 nitrogen and oxygen atoms in total. The molecule has 2 N–H and O–H groups in total. The number of aliphatic hydroxyl groups is 1. The third kappa shape index (κ3) is 4.74. The van der Waals surface area contributed by atoms with Gasteiger partial charge in [-0.3, -0.25) is 4.79 Å². The molecule has 1 atom stereocenters. The van der Waals surface area contributed by atoms with Crippen LogP contribution in [0.3, 0.4) is 0 Å². The summed E-state index contributed by atoms with van der Waals surface area (Å²) in [6.07, 6.45) is 0. The lowest BCUT2D eigenvalue weighted by atomic mass is 10.0. The summed E-state index contributed by atoms with van der Waals surface area (Å²) >= 11 is 0. The Hall–Kier alpha value is -1.83. The quantitative estimate of drug-likeness (QED) is 0.798. The van der Waals surface area contributed by atoms with E-state index < -0.39 is 0 Å².